The van der Waals surface area contributed by atoms with Crippen LogP contribution in [0.15, 0.2) is 0 Å². The number of aliphatic hydroxyl groups is 4. The average molecular weight is 179 g/mol. The molecule has 0 aromatic carbocycles. The minimum absolute atomic E-state index is 0.470. The van der Waals surface area contributed by atoms with Crippen molar-refractivity contribution in [3.63, 3.8) is 0 Å². The molecular formula is C6H13NO5. The van der Waals surface area contributed by atoms with Crippen LogP contribution in [0.3, 0.4) is 0 Å². The molecule has 0 aromatic rings. The zero-order chi connectivity index (χ0) is 9.30. The van der Waals surface area contributed by atoms with Crippen LogP contribution >= 0.6 is 0 Å². The molecule has 6 nitrogen and oxygen atoms in total. The van der Waals surface area contributed by atoms with Gasteiger partial charge in [-0.3, -0.25) is 0 Å². The van der Waals surface area contributed by atoms with Gasteiger partial charge in [0.1, 0.15) is 18.3 Å². The van der Waals surface area contributed by atoms with E-state index in [0.717, 1.165) is 0 Å². The van der Waals surface area contributed by atoms with E-state index in [1.807, 2.05) is 0 Å². The highest BCUT2D eigenvalue weighted by Crippen LogP contribution is 2.17. The maximum absolute atomic E-state index is 9.20. The molecule has 0 saturated carbocycles. The second-order valence-corrected chi connectivity index (χ2v) is 2.81. The lowest BCUT2D eigenvalue weighted by atomic mass is 9.98. The van der Waals surface area contributed by atoms with Gasteiger partial charge < -0.3 is 30.9 Å². The summed E-state index contributed by atoms with van der Waals surface area (Å²) in [6, 6.07) is -1.04. The summed E-state index contributed by atoms with van der Waals surface area (Å²) in [7, 11) is 0. The lowest BCUT2D eigenvalue weighted by molar-refractivity contribution is -0.248. The van der Waals surface area contributed by atoms with Crippen molar-refractivity contribution >= 4 is 0 Å². The third kappa shape index (κ3) is 1.58. The molecule has 0 aromatic heterocycles. The van der Waals surface area contributed by atoms with Gasteiger partial charge >= 0.3 is 0 Å². The van der Waals surface area contributed by atoms with Crippen LogP contribution in [0.2, 0.25) is 0 Å². The molecule has 12 heavy (non-hydrogen) atoms. The molecule has 0 unspecified atom stereocenters. The highest BCUT2D eigenvalue weighted by Gasteiger charge is 2.41. The van der Waals surface area contributed by atoms with Crippen molar-refractivity contribution in [1.29, 1.82) is 0 Å². The van der Waals surface area contributed by atoms with Gasteiger partial charge in [-0.1, -0.05) is 0 Å². The van der Waals surface area contributed by atoms with Crippen LogP contribution in [0, 0.1) is 0 Å². The summed E-state index contributed by atoms with van der Waals surface area (Å²) in [6.07, 6.45) is -4.85. The highest BCUT2D eigenvalue weighted by molar-refractivity contribution is 4.90. The van der Waals surface area contributed by atoms with Gasteiger partial charge in [0.05, 0.1) is 12.6 Å². The summed E-state index contributed by atoms with van der Waals surface area (Å²) >= 11 is 0. The van der Waals surface area contributed by atoms with Gasteiger partial charge in [0, 0.05) is 0 Å². The molecule has 5 atom stereocenters. The maximum Gasteiger partial charge on any atom is 0.173 e. The van der Waals surface area contributed by atoms with Crippen molar-refractivity contribution in [3.05, 3.63) is 0 Å². The first-order valence-electron chi connectivity index (χ1n) is 3.64. The van der Waals surface area contributed by atoms with Crippen molar-refractivity contribution in [2.75, 3.05) is 6.61 Å². The van der Waals surface area contributed by atoms with E-state index in [1.165, 1.54) is 0 Å². The smallest absolute Gasteiger partial charge is 0.173 e. The zero-order valence-corrected chi connectivity index (χ0v) is 6.37. The topological polar surface area (TPSA) is 116 Å². The first-order chi connectivity index (χ1) is 5.57. The van der Waals surface area contributed by atoms with Crippen LogP contribution in [-0.4, -0.2) is 57.7 Å². The molecule has 1 rings (SSSR count). The van der Waals surface area contributed by atoms with E-state index in [9.17, 15) is 10.2 Å². The average Bonchev–Trinajstić information content (AvgIpc) is 2.08. The van der Waals surface area contributed by atoms with Gasteiger partial charge in [-0.15, -0.1) is 0 Å². The van der Waals surface area contributed by atoms with Crippen molar-refractivity contribution in [2.24, 2.45) is 5.73 Å². The predicted octanol–water partition coefficient (Wildman–Crippen LogP) is -3.26. The Bertz CT molecular complexity index is 150. The fraction of sp³-hybridized carbons (Fsp3) is 1.00. The molecule has 72 valence electrons. The SMILES string of the molecule is N[C@@H]1[C@H](O)[C@@H](O)[C@H](CO)O[C@@H]1O. The van der Waals surface area contributed by atoms with Gasteiger partial charge in [-0.25, -0.2) is 0 Å². The number of hydrogen-bond donors (Lipinski definition) is 5. The number of hydrogen-bond acceptors (Lipinski definition) is 6. The molecule has 6 N–H and O–H groups in total. The summed E-state index contributed by atoms with van der Waals surface area (Å²) in [5.41, 5.74) is 5.26. The fourth-order valence-electron chi connectivity index (χ4n) is 1.12. The molecule has 6 heteroatoms. The lowest BCUT2D eigenvalue weighted by Crippen LogP contribution is -2.61. The van der Waals surface area contributed by atoms with Crippen molar-refractivity contribution in [2.45, 2.75) is 30.6 Å². The minimum atomic E-state index is -1.35. The van der Waals surface area contributed by atoms with Crippen LogP contribution in [0.1, 0.15) is 0 Å². The predicted molar refractivity (Wildman–Crippen MR) is 38.0 cm³/mol. The molecular weight excluding hydrogens is 166 g/mol. The third-order valence-electron chi connectivity index (χ3n) is 1.95. The first kappa shape index (κ1) is 9.85. The molecule has 1 fully saturated rings. The maximum atomic E-state index is 9.20. The Morgan fingerprint density at radius 3 is 2.25 bits per heavy atom. The Balaban J connectivity index is 2.63. The molecule has 1 aliphatic heterocycles. The van der Waals surface area contributed by atoms with Crippen molar-refractivity contribution in [3.8, 4) is 0 Å². The monoisotopic (exact) mass is 179 g/mol. The highest BCUT2D eigenvalue weighted by atomic mass is 16.6. The molecule has 1 aliphatic rings. The first-order valence-corrected chi connectivity index (χ1v) is 3.64. The molecule has 0 aliphatic carbocycles. The quantitative estimate of drug-likeness (QED) is 0.288. The van der Waals surface area contributed by atoms with Gasteiger partial charge in [-0.2, -0.15) is 0 Å². The van der Waals surface area contributed by atoms with Gasteiger partial charge in [0.25, 0.3) is 0 Å². The molecule has 0 amide bonds. The van der Waals surface area contributed by atoms with E-state index < -0.39 is 37.3 Å². The second-order valence-electron chi connectivity index (χ2n) is 2.81. The standard InChI is InChI=1S/C6H13NO5/c7-3-5(10)4(9)2(1-8)12-6(3)11/h2-6,8-11H,1,7H2/t2-,3+,4-,5-,6-/m0/s1. The van der Waals surface area contributed by atoms with Crippen LogP contribution in [0.25, 0.3) is 0 Å². The van der Waals surface area contributed by atoms with Gasteiger partial charge in [0.15, 0.2) is 6.29 Å². The number of nitrogens with two attached hydrogens (primary N) is 1. The summed E-state index contributed by atoms with van der Waals surface area (Å²) in [6.45, 7) is -0.470. The number of rotatable bonds is 1. The largest absolute Gasteiger partial charge is 0.394 e. The normalized spacial score (nSPS) is 49.2. The van der Waals surface area contributed by atoms with Crippen LogP contribution in [-0.2, 0) is 4.74 Å². The van der Waals surface area contributed by atoms with Crippen molar-refractivity contribution < 1.29 is 25.2 Å². The Morgan fingerprint density at radius 1 is 1.17 bits per heavy atom. The number of ether oxygens (including phenoxy) is 1. The zero-order valence-electron chi connectivity index (χ0n) is 6.37. The molecule has 0 spiro atoms. The summed E-state index contributed by atoms with van der Waals surface area (Å²) < 4.78 is 4.70. The molecule has 0 bridgehead atoms. The van der Waals surface area contributed by atoms with Crippen LogP contribution < -0.4 is 5.73 Å². The second kappa shape index (κ2) is 3.65. The van der Waals surface area contributed by atoms with E-state index in [0.29, 0.717) is 0 Å². The molecule has 0 radical (unpaired) electrons. The molecule has 1 heterocycles. The van der Waals surface area contributed by atoms with E-state index in [4.69, 9.17) is 20.7 Å². The van der Waals surface area contributed by atoms with Crippen LogP contribution in [0.5, 0.6) is 0 Å². The van der Waals surface area contributed by atoms with E-state index in [1.54, 1.807) is 0 Å². The Morgan fingerprint density at radius 2 is 1.75 bits per heavy atom. The van der Waals surface area contributed by atoms with Gasteiger partial charge in [0.2, 0.25) is 0 Å². The Kier molecular flexibility index (Phi) is 2.99. The fourth-order valence-corrected chi connectivity index (χ4v) is 1.12. The molecule has 1 saturated heterocycles. The number of aliphatic hydroxyl groups excluding tert-OH is 4. The van der Waals surface area contributed by atoms with Gasteiger partial charge in [-0.05, 0) is 0 Å². The summed E-state index contributed by atoms with van der Waals surface area (Å²) in [4.78, 5) is 0. The van der Waals surface area contributed by atoms with Crippen LogP contribution in [0.4, 0.5) is 0 Å². The van der Waals surface area contributed by atoms with E-state index in [2.05, 4.69) is 0 Å². The third-order valence-corrected chi connectivity index (χ3v) is 1.95. The lowest BCUT2D eigenvalue weighted by Gasteiger charge is -2.38. The Hall–Kier alpha value is -0.240. The summed E-state index contributed by atoms with van der Waals surface area (Å²) in [5, 5.41) is 36.1. The summed E-state index contributed by atoms with van der Waals surface area (Å²) in [5.74, 6) is 0. The minimum Gasteiger partial charge on any atom is -0.394 e. The van der Waals surface area contributed by atoms with E-state index >= 15 is 0 Å². The van der Waals surface area contributed by atoms with Crippen molar-refractivity contribution in [1.82, 2.24) is 0 Å². The van der Waals surface area contributed by atoms with E-state index in [-0.39, 0.29) is 0 Å². The Labute approximate surface area is 69.2 Å².